The fourth-order valence-electron chi connectivity index (χ4n) is 3.17. The lowest BCUT2D eigenvalue weighted by Gasteiger charge is -2.12. The summed E-state index contributed by atoms with van der Waals surface area (Å²) in [5.41, 5.74) is 5.32. The van der Waals surface area contributed by atoms with E-state index in [2.05, 4.69) is 5.10 Å². The van der Waals surface area contributed by atoms with Crippen LogP contribution >= 0.6 is 0 Å². The van der Waals surface area contributed by atoms with E-state index in [9.17, 15) is 9.59 Å². The second kappa shape index (κ2) is 6.15. The van der Waals surface area contributed by atoms with Gasteiger partial charge in [-0.2, -0.15) is 0 Å². The quantitative estimate of drug-likeness (QED) is 0.718. The summed E-state index contributed by atoms with van der Waals surface area (Å²) in [4.78, 5) is 25.3. The van der Waals surface area contributed by atoms with Gasteiger partial charge < -0.3 is 0 Å². The molecule has 0 fully saturated rings. The summed E-state index contributed by atoms with van der Waals surface area (Å²) in [7, 11) is 0. The number of fused-ring (bicyclic) bond motifs is 1. The third kappa shape index (κ3) is 2.65. The van der Waals surface area contributed by atoms with Gasteiger partial charge in [0, 0.05) is 11.3 Å². The molecular formula is C22H18N2O2. The highest BCUT2D eigenvalue weighted by Gasteiger charge is 2.19. The second-order valence-electron chi connectivity index (χ2n) is 6.47. The first kappa shape index (κ1) is 16.1. The zero-order valence-electron chi connectivity index (χ0n) is 14.6. The van der Waals surface area contributed by atoms with Crippen molar-refractivity contribution in [1.82, 2.24) is 9.78 Å². The van der Waals surface area contributed by atoms with Gasteiger partial charge in [-0.1, -0.05) is 48.0 Å². The van der Waals surface area contributed by atoms with Crippen LogP contribution in [0.25, 0.3) is 23.4 Å². The number of ketones is 1. The van der Waals surface area contributed by atoms with E-state index in [-0.39, 0.29) is 11.3 Å². The number of hydrogen-bond acceptors (Lipinski definition) is 2. The molecule has 0 atom stereocenters. The summed E-state index contributed by atoms with van der Waals surface area (Å²) in [6.07, 6.45) is 5.06. The fraction of sp³-hybridized carbons (Fsp3) is 0.0909. The number of allylic oxidation sites excluding steroid dienone is 2. The van der Waals surface area contributed by atoms with Crippen molar-refractivity contribution in [2.24, 2.45) is 0 Å². The summed E-state index contributed by atoms with van der Waals surface area (Å²) in [6.45, 7) is 3.84. The number of aryl methyl sites for hydroxylation is 2. The number of carbonyl (C=O) groups excluding carboxylic acids is 1. The summed E-state index contributed by atoms with van der Waals surface area (Å²) in [5.74, 6) is -0.0921. The van der Waals surface area contributed by atoms with E-state index in [1.807, 2.05) is 68.5 Å². The maximum atomic E-state index is 12.9. The molecule has 0 bridgehead atoms. The van der Waals surface area contributed by atoms with Crippen LogP contribution in [0.4, 0.5) is 0 Å². The highest BCUT2D eigenvalue weighted by Crippen LogP contribution is 2.28. The molecular weight excluding hydrogens is 324 g/mol. The molecule has 26 heavy (non-hydrogen) atoms. The molecule has 0 radical (unpaired) electrons. The van der Waals surface area contributed by atoms with E-state index in [1.54, 1.807) is 12.2 Å². The topological polar surface area (TPSA) is 54.9 Å². The first-order valence-electron chi connectivity index (χ1n) is 8.47. The van der Waals surface area contributed by atoms with Crippen LogP contribution in [-0.4, -0.2) is 15.6 Å². The molecule has 0 unspecified atom stereocenters. The molecule has 0 saturated heterocycles. The first-order valence-corrected chi connectivity index (χ1v) is 8.47. The van der Waals surface area contributed by atoms with Crippen LogP contribution in [0.3, 0.4) is 0 Å². The Hall–Kier alpha value is -3.40. The van der Waals surface area contributed by atoms with Crippen molar-refractivity contribution in [2.75, 3.05) is 0 Å². The summed E-state index contributed by atoms with van der Waals surface area (Å²) >= 11 is 0. The highest BCUT2D eigenvalue weighted by atomic mass is 16.1. The number of nitrogens with zero attached hydrogens (tertiary/aromatic N) is 1. The van der Waals surface area contributed by atoms with Crippen molar-refractivity contribution < 1.29 is 4.79 Å². The van der Waals surface area contributed by atoms with Crippen molar-refractivity contribution in [3.63, 3.8) is 0 Å². The predicted octanol–water partition coefficient (Wildman–Crippen LogP) is 3.92. The normalized spacial score (nSPS) is 14.7. The molecule has 0 spiro atoms. The molecule has 128 valence electrons. The molecule has 4 heteroatoms. The largest absolute Gasteiger partial charge is 0.295 e. The monoisotopic (exact) mass is 342 g/mol. The number of aromatic amines is 1. The predicted molar refractivity (Wildman–Crippen MR) is 104 cm³/mol. The van der Waals surface area contributed by atoms with Gasteiger partial charge in [-0.3, -0.25) is 14.7 Å². The highest BCUT2D eigenvalue weighted by molar-refractivity contribution is 6.33. The number of nitrogens with one attached hydrogen (secondary N) is 1. The molecule has 4 nitrogen and oxygen atoms in total. The zero-order valence-corrected chi connectivity index (χ0v) is 14.6. The van der Waals surface area contributed by atoms with E-state index in [1.165, 1.54) is 4.68 Å². The number of benzene rings is 2. The Morgan fingerprint density at radius 3 is 2.42 bits per heavy atom. The van der Waals surface area contributed by atoms with Gasteiger partial charge in [-0.25, -0.2) is 4.68 Å². The van der Waals surface area contributed by atoms with E-state index in [4.69, 9.17) is 0 Å². The molecule has 1 N–H and O–H groups in total. The van der Waals surface area contributed by atoms with Gasteiger partial charge in [0.1, 0.15) is 0 Å². The lowest BCUT2D eigenvalue weighted by Crippen LogP contribution is -2.16. The van der Waals surface area contributed by atoms with Crippen LogP contribution in [0.2, 0.25) is 0 Å². The molecule has 1 aromatic heterocycles. The molecule has 0 saturated carbocycles. The van der Waals surface area contributed by atoms with Crippen LogP contribution in [0, 0.1) is 13.8 Å². The maximum absolute atomic E-state index is 12.9. The molecule has 2 aromatic carbocycles. The molecule has 0 amide bonds. The standard InChI is InChI=1S/C22H18N2O2/c1-14-7-10-17(11-8-14)24-22(26)19(15(2)23-24)13-20-18-6-4-3-5-16(18)9-12-21(20)25/h3-13,23H,1-2H3. The van der Waals surface area contributed by atoms with Crippen LogP contribution in [0.15, 0.2) is 59.4 Å². The van der Waals surface area contributed by atoms with Crippen molar-refractivity contribution in [3.8, 4) is 5.69 Å². The van der Waals surface area contributed by atoms with Crippen molar-refractivity contribution in [2.45, 2.75) is 13.8 Å². The molecule has 3 aromatic rings. The third-order valence-electron chi connectivity index (χ3n) is 4.63. The molecule has 0 aliphatic heterocycles. The second-order valence-corrected chi connectivity index (χ2v) is 6.47. The Morgan fingerprint density at radius 2 is 1.65 bits per heavy atom. The number of rotatable bonds is 2. The van der Waals surface area contributed by atoms with Crippen molar-refractivity contribution in [3.05, 3.63) is 92.9 Å². The molecule has 1 heterocycles. The van der Waals surface area contributed by atoms with Crippen LogP contribution in [-0.2, 0) is 4.79 Å². The maximum Gasteiger partial charge on any atom is 0.278 e. The van der Waals surface area contributed by atoms with Gasteiger partial charge in [-0.15, -0.1) is 0 Å². The average molecular weight is 342 g/mol. The minimum Gasteiger partial charge on any atom is -0.295 e. The Labute approximate surface area is 151 Å². The van der Waals surface area contributed by atoms with Gasteiger partial charge in [0.15, 0.2) is 5.78 Å². The summed E-state index contributed by atoms with van der Waals surface area (Å²) in [6, 6.07) is 15.4. The van der Waals surface area contributed by atoms with Gasteiger partial charge in [0.25, 0.3) is 5.56 Å². The van der Waals surface area contributed by atoms with Crippen molar-refractivity contribution in [1.29, 1.82) is 0 Å². The smallest absolute Gasteiger partial charge is 0.278 e. The summed E-state index contributed by atoms with van der Waals surface area (Å²) in [5, 5.41) is 3.11. The van der Waals surface area contributed by atoms with Crippen LogP contribution in [0.1, 0.15) is 27.9 Å². The number of aromatic nitrogens is 2. The van der Waals surface area contributed by atoms with Gasteiger partial charge >= 0.3 is 0 Å². The molecule has 1 aliphatic rings. The molecule has 1 aliphatic carbocycles. The van der Waals surface area contributed by atoms with E-state index in [0.29, 0.717) is 11.1 Å². The lowest BCUT2D eigenvalue weighted by atomic mass is 9.90. The Bertz CT molecular complexity index is 1130. The minimum absolute atomic E-state index is 0.0921. The Kier molecular flexibility index (Phi) is 3.81. The van der Waals surface area contributed by atoms with Gasteiger partial charge in [0.2, 0.25) is 0 Å². The van der Waals surface area contributed by atoms with E-state index >= 15 is 0 Å². The number of H-pyrrole nitrogens is 1. The summed E-state index contributed by atoms with van der Waals surface area (Å²) < 4.78 is 1.51. The zero-order chi connectivity index (χ0) is 18.3. The average Bonchev–Trinajstić information content (AvgIpc) is 2.92. The SMILES string of the molecule is Cc1ccc(-n2[nH]c(C)c(C=C3C(=O)C=Cc4ccccc43)c2=O)cc1. The van der Waals surface area contributed by atoms with Crippen molar-refractivity contribution >= 4 is 23.5 Å². The molecule has 4 rings (SSSR count). The fourth-order valence-corrected chi connectivity index (χ4v) is 3.17. The minimum atomic E-state index is -0.168. The van der Waals surface area contributed by atoms with Gasteiger partial charge in [-0.05, 0) is 49.3 Å². The van der Waals surface area contributed by atoms with Crippen LogP contribution < -0.4 is 5.56 Å². The number of carbonyl (C=O) groups is 1. The Morgan fingerprint density at radius 1 is 0.923 bits per heavy atom. The van der Waals surface area contributed by atoms with Gasteiger partial charge in [0.05, 0.1) is 11.3 Å². The third-order valence-corrected chi connectivity index (χ3v) is 4.63. The van der Waals surface area contributed by atoms with E-state index in [0.717, 1.165) is 28.1 Å². The van der Waals surface area contributed by atoms with Crippen LogP contribution in [0.5, 0.6) is 0 Å². The number of hydrogen-bond donors (Lipinski definition) is 1. The van der Waals surface area contributed by atoms with E-state index < -0.39 is 0 Å². The Balaban J connectivity index is 1.86. The first-order chi connectivity index (χ1) is 12.5. The lowest BCUT2D eigenvalue weighted by molar-refractivity contribution is -0.109.